The highest BCUT2D eigenvalue weighted by atomic mass is 16.1. The van der Waals surface area contributed by atoms with E-state index >= 15 is 0 Å². The van der Waals surface area contributed by atoms with Crippen LogP contribution in [-0.2, 0) is 11.2 Å². The van der Waals surface area contributed by atoms with E-state index in [0.717, 1.165) is 5.56 Å². The fourth-order valence-corrected chi connectivity index (χ4v) is 1.35. The predicted molar refractivity (Wildman–Crippen MR) is 58.2 cm³/mol. The van der Waals surface area contributed by atoms with Crippen LogP contribution in [0, 0.1) is 6.92 Å². The first-order valence-electron chi connectivity index (χ1n) is 4.93. The number of hydrogen-bond acceptors (Lipinski definition) is 1. The van der Waals surface area contributed by atoms with Gasteiger partial charge in [-0.15, -0.1) is 0 Å². The Hall–Kier alpha value is -1.31. The van der Waals surface area contributed by atoms with Crippen molar-refractivity contribution in [2.45, 2.75) is 33.2 Å². The minimum Gasteiger partial charge on any atom is -0.354 e. The fourth-order valence-electron chi connectivity index (χ4n) is 1.35. The molecule has 0 bridgehead atoms. The number of carbonyl (C=O) groups is 1. The van der Waals surface area contributed by atoms with Gasteiger partial charge in [-0.1, -0.05) is 24.3 Å². The van der Waals surface area contributed by atoms with E-state index < -0.39 is 0 Å². The van der Waals surface area contributed by atoms with Crippen LogP contribution in [0.5, 0.6) is 0 Å². The van der Waals surface area contributed by atoms with Gasteiger partial charge in [0.2, 0.25) is 5.91 Å². The van der Waals surface area contributed by atoms with Crippen molar-refractivity contribution in [3.8, 4) is 0 Å². The van der Waals surface area contributed by atoms with Crippen LogP contribution in [0.15, 0.2) is 24.3 Å². The van der Waals surface area contributed by atoms with Crippen LogP contribution in [0.2, 0.25) is 0 Å². The van der Waals surface area contributed by atoms with Crippen LogP contribution in [0.4, 0.5) is 0 Å². The quantitative estimate of drug-likeness (QED) is 0.778. The third kappa shape index (κ3) is 3.21. The molecule has 0 atom stereocenters. The van der Waals surface area contributed by atoms with E-state index in [1.54, 1.807) is 0 Å². The summed E-state index contributed by atoms with van der Waals surface area (Å²) >= 11 is 0. The fraction of sp³-hybridized carbons (Fsp3) is 0.417. The summed E-state index contributed by atoms with van der Waals surface area (Å²) < 4.78 is 0. The zero-order valence-electron chi connectivity index (χ0n) is 9.00. The maximum Gasteiger partial charge on any atom is 0.224 e. The van der Waals surface area contributed by atoms with Crippen molar-refractivity contribution in [1.82, 2.24) is 5.32 Å². The Morgan fingerprint density at radius 3 is 2.57 bits per heavy atom. The minimum absolute atomic E-state index is 0.0919. The molecule has 0 spiro atoms. The Balaban J connectivity index is 2.61. The maximum atomic E-state index is 11.5. The zero-order valence-corrected chi connectivity index (χ0v) is 9.00. The number of benzene rings is 1. The molecule has 2 nitrogen and oxygen atoms in total. The summed E-state index contributed by atoms with van der Waals surface area (Å²) in [6.45, 7) is 5.96. The minimum atomic E-state index is 0.0919. The highest BCUT2D eigenvalue weighted by Crippen LogP contribution is 2.07. The second-order valence-electron chi connectivity index (χ2n) is 3.83. The number of carbonyl (C=O) groups excluding carboxylic acids is 1. The van der Waals surface area contributed by atoms with E-state index in [9.17, 15) is 4.79 Å². The number of rotatable bonds is 3. The van der Waals surface area contributed by atoms with E-state index in [1.165, 1.54) is 5.56 Å². The highest BCUT2D eigenvalue weighted by molar-refractivity contribution is 5.79. The van der Waals surface area contributed by atoms with Crippen LogP contribution < -0.4 is 5.32 Å². The average Bonchev–Trinajstić information content (AvgIpc) is 2.07. The van der Waals surface area contributed by atoms with Crippen molar-refractivity contribution in [2.24, 2.45) is 0 Å². The first-order valence-corrected chi connectivity index (χ1v) is 4.93. The van der Waals surface area contributed by atoms with Gasteiger partial charge in [0.1, 0.15) is 0 Å². The first kappa shape index (κ1) is 10.8. The van der Waals surface area contributed by atoms with Crippen molar-refractivity contribution < 1.29 is 4.79 Å². The molecule has 0 radical (unpaired) electrons. The molecule has 0 aliphatic carbocycles. The standard InChI is InChI=1S/C12H17NO/c1-9(2)13-12(14)8-11-7-5-4-6-10(11)3/h4-7,9H,8H2,1-3H3,(H,13,14). The van der Waals surface area contributed by atoms with Gasteiger partial charge in [-0.25, -0.2) is 0 Å². The molecule has 0 aliphatic rings. The van der Waals surface area contributed by atoms with Gasteiger partial charge < -0.3 is 5.32 Å². The van der Waals surface area contributed by atoms with Crippen LogP contribution in [-0.4, -0.2) is 11.9 Å². The largest absolute Gasteiger partial charge is 0.354 e. The molecule has 2 heteroatoms. The molecule has 0 heterocycles. The Bertz CT molecular complexity index is 318. The molecule has 76 valence electrons. The molecule has 1 rings (SSSR count). The molecule has 0 saturated carbocycles. The molecule has 1 amide bonds. The molecule has 14 heavy (non-hydrogen) atoms. The van der Waals surface area contributed by atoms with Gasteiger partial charge in [0.15, 0.2) is 0 Å². The van der Waals surface area contributed by atoms with E-state index in [-0.39, 0.29) is 11.9 Å². The van der Waals surface area contributed by atoms with E-state index in [0.29, 0.717) is 6.42 Å². The van der Waals surface area contributed by atoms with Crippen LogP contribution in [0.25, 0.3) is 0 Å². The summed E-state index contributed by atoms with van der Waals surface area (Å²) in [5.74, 6) is 0.0919. The van der Waals surface area contributed by atoms with Gasteiger partial charge in [-0.2, -0.15) is 0 Å². The van der Waals surface area contributed by atoms with Crippen LogP contribution in [0.1, 0.15) is 25.0 Å². The molecule has 0 fully saturated rings. The highest BCUT2D eigenvalue weighted by Gasteiger charge is 2.05. The Morgan fingerprint density at radius 1 is 1.36 bits per heavy atom. The van der Waals surface area contributed by atoms with Gasteiger partial charge in [0.25, 0.3) is 0 Å². The molecule has 0 saturated heterocycles. The van der Waals surface area contributed by atoms with E-state index in [2.05, 4.69) is 5.32 Å². The summed E-state index contributed by atoms with van der Waals surface area (Å²) in [5.41, 5.74) is 2.28. The van der Waals surface area contributed by atoms with Gasteiger partial charge in [0.05, 0.1) is 6.42 Å². The number of hydrogen-bond donors (Lipinski definition) is 1. The molecule has 0 aliphatic heterocycles. The topological polar surface area (TPSA) is 29.1 Å². The molecular formula is C12H17NO. The second-order valence-corrected chi connectivity index (χ2v) is 3.83. The molecule has 0 unspecified atom stereocenters. The number of aryl methyl sites for hydroxylation is 1. The lowest BCUT2D eigenvalue weighted by Gasteiger charge is -2.09. The summed E-state index contributed by atoms with van der Waals surface area (Å²) in [7, 11) is 0. The summed E-state index contributed by atoms with van der Waals surface area (Å²) in [5, 5.41) is 2.88. The normalized spacial score (nSPS) is 10.3. The molecular weight excluding hydrogens is 174 g/mol. The third-order valence-electron chi connectivity index (χ3n) is 2.06. The number of amides is 1. The molecule has 1 aromatic rings. The predicted octanol–water partition coefficient (Wildman–Crippen LogP) is 2.06. The zero-order chi connectivity index (χ0) is 10.6. The Labute approximate surface area is 85.3 Å². The van der Waals surface area contributed by atoms with Gasteiger partial charge >= 0.3 is 0 Å². The molecule has 1 aromatic carbocycles. The SMILES string of the molecule is Cc1ccccc1CC(=O)NC(C)C. The lowest BCUT2D eigenvalue weighted by Crippen LogP contribution is -2.31. The summed E-state index contributed by atoms with van der Waals surface area (Å²) in [4.78, 5) is 11.5. The summed E-state index contributed by atoms with van der Waals surface area (Å²) in [6, 6.07) is 8.18. The lowest BCUT2D eigenvalue weighted by atomic mass is 10.1. The van der Waals surface area contributed by atoms with E-state index in [4.69, 9.17) is 0 Å². The van der Waals surface area contributed by atoms with Crippen molar-refractivity contribution in [2.75, 3.05) is 0 Å². The van der Waals surface area contributed by atoms with Crippen molar-refractivity contribution in [3.63, 3.8) is 0 Å². The monoisotopic (exact) mass is 191 g/mol. The smallest absolute Gasteiger partial charge is 0.224 e. The van der Waals surface area contributed by atoms with Crippen molar-refractivity contribution in [1.29, 1.82) is 0 Å². The average molecular weight is 191 g/mol. The van der Waals surface area contributed by atoms with Crippen LogP contribution >= 0.6 is 0 Å². The van der Waals surface area contributed by atoms with Crippen molar-refractivity contribution in [3.05, 3.63) is 35.4 Å². The lowest BCUT2D eigenvalue weighted by molar-refractivity contribution is -0.120. The van der Waals surface area contributed by atoms with Gasteiger partial charge in [-0.3, -0.25) is 4.79 Å². The third-order valence-corrected chi connectivity index (χ3v) is 2.06. The summed E-state index contributed by atoms with van der Waals surface area (Å²) in [6.07, 6.45) is 0.477. The molecule has 1 N–H and O–H groups in total. The second kappa shape index (κ2) is 4.80. The Morgan fingerprint density at radius 2 is 2.00 bits per heavy atom. The van der Waals surface area contributed by atoms with E-state index in [1.807, 2.05) is 45.0 Å². The van der Waals surface area contributed by atoms with Gasteiger partial charge in [-0.05, 0) is 31.9 Å². The maximum absolute atomic E-state index is 11.5. The molecule has 0 aromatic heterocycles. The van der Waals surface area contributed by atoms with Crippen LogP contribution in [0.3, 0.4) is 0 Å². The van der Waals surface area contributed by atoms with Crippen molar-refractivity contribution >= 4 is 5.91 Å². The first-order chi connectivity index (χ1) is 6.59. The van der Waals surface area contributed by atoms with Gasteiger partial charge in [0, 0.05) is 6.04 Å². The Kier molecular flexibility index (Phi) is 3.69. The number of nitrogens with one attached hydrogen (secondary N) is 1.